The van der Waals surface area contributed by atoms with E-state index in [-0.39, 0.29) is 17.3 Å². The van der Waals surface area contributed by atoms with Gasteiger partial charge in [0.25, 0.3) is 5.56 Å². The van der Waals surface area contributed by atoms with Crippen molar-refractivity contribution in [3.8, 4) is 0 Å². The van der Waals surface area contributed by atoms with Gasteiger partial charge in [0.05, 0.1) is 12.3 Å². The average Bonchev–Trinajstić information content (AvgIpc) is 2.89. The molecular formula is C13H17N3O3. The summed E-state index contributed by atoms with van der Waals surface area (Å²) in [6.45, 7) is 4.75. The van der Waals surface area contributed by atoms with Crippen molar-refractivity contribution in [3.05, 3.63) is 56.8 Å². The van der Waals surface area contributed by atoms with E-state index in [0.29, 0.717) is 18.7 Å². The Bertz CT molecular complexity index is 640. The molecule has 0 saturated heterocycles. The van der Waals surface area contributed by atoms with Crippen molar-refractivity contribution in [1.29, 1.82) is 0 Å². The summed E-state index contributed by atoms with van der Waals surface area (Å²) in [5, 5.41) is 3.25. The van der Waals surface area contributed by atoms with Crippen LogP contribution in [0.1, 0.15) is 24.3 Å². The fourth-order valence-corrected chi connectivity index (χ4v) is 1.82. The van der Waals surface area contributed by atoms with E-state index in [9.17, 15) is 9.59 Å². The lowest BCUT2D eigenvalue weighted by Crippen LogP contribution is -2.34. The lowest BCUT2D eigenvalue weighted by atomic mass is 10.2. The molecule has 1 unspecified atom stereocenters. The van der Waals surface area contributed by atoms with Crippen LogP contribution in [0.3, 0.4) is 0 Å². The summed E-state index contributed by atoms with van der Waals surface area (Å²) in [4.78, 5) is 25.1. The van der Waals surface area contributed by atoms with Crippen molar-refractivity contribution in [2.75, 3.05) is 6.54 Å². The fourth-order valence-electron chi connectivity index (χ4n) is 1.82. The summed E-state index contributed by atoms with van der Waals surface area (Å²) in [5.74, 6) is 0.852. The van der Waals surface area contributed by atoms with E-state index in [0.717, 1.165) is 5.76 Å². The third-order valence-electron chi connectivity index (χ3n) is 2.96. The Labute approximate surface area is 110 Å². The Kier molecular flexibility index (Phi) is 4.01. The van der Waals surface area contributed by atoms with Gasteiger partial charge in [0.1, 0.15) is 5.76 Å². The Morgan fingerprint density at radius 1 is 1.47 bits per heavy atom. The molecule has 2 N–H and O–H groups in total. The Hall–Kier alpha value is -2.08. The van der Waals surface area contributed by atoms with Gasteiger partial charge in [-0.05, 0) is 26.0 Å². The minimum atomic E-state index is -0.386. The maximum Gasteiger partial charge on any atom is 0.328 e. The molecule has 0 aromatic carbocycles. The maximum atomic E-state index is 11.6. The second kappa shape index (κ2) is 5.71. The highest BCUT2D eigenvalue weighted by molar-refractivity contribution is 5.03. The first-order valence-electron chi connectivity index (χ1n) is 6.15. The van der Waals surface area contributed by atoms with E-state index in [2.05, 4.69) is 10.3 Å². The molecule has 0 saturated carbocycles. The summed E-state index contributed by atoms with van der Waals surface area (Å²) in [6.07, 6.45) is 3.20. The summed E-state index contributed by atoms with van der Waals surface area (Å²) >= 11 is 0. The third kappa shape index (κ3) is 3.23. The van der Waals surface area contributed by atoms with Crippen LogP contribution in [0.2, 0.25) is 0 Å². The second-order valence-corrected chi connectivity index (χ2v) is 4.46. The zero-order valence-electron chi connectivity index (χ0n) is 11.0. The molecule has 0 radical (unpaired) electrons. The molecule has 2 heterocycles. The topological polar surface area (TPSA) is 80.0 Å². The highest BCUT2D eigenvalue weighted by Crippen LogP contribution is 2.11. The Morgan fingerprint density at radius 2 is 2.26 bits per heavy atom. The largest absolute Gasteiger partial charge is 0.468 e. The molecular weight excluding hydrogens is 246 g/mol. The Balaban J connectivity index is 1.95. The van der Waals surface area contributed by atoms with E-state index in [1.165, 1.54) is 4.57 Å². The van der Waals surface area contributed by atoms with Crippen LogP contribution in [0.25, 0.3) is 0 Å². The number of aromatic nitrogens is 2. The number of aryl methyl sites for hydroxylation is 1. The van der Waals surface area contributed by atoms with Crippen LogP contribution in [0.5, 0.6) is 0 Å². The first-order valence-corrected chi connectivity index (χ1v) is 6.15. The lowest BCUT2D eigenvalue weighted by Gasteiger charge is -2.12. The smallest absolute Gasteiger partial charge is 0.328 e. The van der Waals surface area contributed by atoms with Gasteiger partial charge in [0, 0.05) is 24.8 Å². The van der Waals surface area contributed by atoms with E-state index >= 15 is 0 Å². The molecule has 102 valence electrons. The third-order valence-corrected chi connectivity index (χ3v) is 2.96. The average molecular weight is 263 g/mol. The van der Waals surface area contributed by atoms with Crippen molar-refractivity contribution >= 4 is 0 Å². The van der Waals surface area contributed by atoms with Crippen molar-refractivity contribution in [3.63, 3.8) is 0 Å². The SMILES string of the molecule is Cc1cn(CCNC(C)c2ccco2)c(=O)[nH]c1=O. The molecule has 0 aliphatic carbocycles. The molecule has 0 amide bonds. The van der Waals surface area contributed by atoms with Gasteiger partial charge in [-0.25, -0.2) is 4.79 Å². The van der Waals surface area contributed by atoms with Gasteiger partial charge in [-0.3, -0.25) is 14.3 Å². The lowest BCUT2D eigenvalue weighted by molar-refractivity contribution is 0.421. The number of nitrogens with one attached hydrogen (secondary N) is 2. The number of nitrogens with zero attached hydrogens (tertiary/aromatic N) is 1. The van der Waals surface area contributed by atoms with Gasteiger partial charge < -0.3 is 9.73 Å². The Morgan fingerprint density at radius 3 is 2.95 bits per heavy atom. The number of hydrogen-bond donors (Lipinski definition) is 2. The van der Waals surface area contributed by atoms with Crippen molar-refractivity contribution in [1.82, 2.24) is 14.9 Å². The first kappa shape index (κ1) is 13.4. The number of H-pyrrole nitrogens is 1. The van der Waals surface area contributed by atoms with Crippen LogP contribution in [0.4, 0.5) is 0 Å². The monoisotopic (exact) mass is 263 g/mol. The number of furan rings is 1. The quantitative estimate of drug-likeness (QED) is 0.835. The van der Waals surface area contributed by atoms with E-state index in [1.54, 1.807) is 19.4 Å². The summed E-state index contributed by atoms with van der Waals surface area (Å²) in [6, 6.07) is 3.81. The standard InChI is InChI=1S/C13H17N3O3/c1-9-8-16(13(18)15-12(9)17)6-5-14-10(2)11-4-3-7-19-11/h3-4,7-8,10,14H,5-6H2,1-2H3,(H,15,17,18). The molecule has 19 heavy (non-hydrogen) atoms. The van der Waals surface area contributed by atoms with Crippen LogP contribution in [0.15, 0.2) is 38.6 Å². The van der Waals surface area contributed by atoms with Crippen LogP contribution >= 0.6 is 0 Å². The number of hydrogen-bond acceptors (Lipinski definition) is 4. The molecule has 2 aromatic rings. The molecule has 2 aromatic heterocycles. The van der Waals surface area contributed by atoms with Crippen LogP contribution in [-0.2, 0) is 6.54 Å². The zero-order valence-corrected chi connectivity index (χ0v) is 11.0. The van der Waals surface area contributed by atoms with E-state index in [4.69, 9.17) is 4.42 Å². The van der Waals surface area contributed by atoms with Gasteiger partial charge >= 0.3 is 5.69 Å². The number of rotatable bonds is 5. The second-order valence-electron chi connectivity index (χ2n) is 4.46. The molecule has 0 aliphatic rings. The molecule has 1 atom stereocenters. The summed E-state index contributed by atoms with van der Waals surface area (Å²) in [7, 11) is 0. The van der Waals surface area contributed by atoms with Gasteiger partial charge in [0.2, 0.25) is 0 Å². The van der Waals surface area contributed by atoms with Crippen LogP contribution in [-0.4, -0.2) is 16.1 Å². The normalized spacial score (nSPS) is 12.5. The minimum Gasteiger partial charge on any atom is -0.468 e. The zero-order chi connectivity index (χ0) is 13.8. The molecule has 0 spiro atoms. The van der Waals surface area contributed by atoms with Crippen LogP contribution < -0.4 is 16.6 Å². The van der Waals surface area contributed by atoms with Gasteiger partial charge in [0.15, 0.2) is 0 Å². The molecule has 0 aliphatic heterocycles. The van der Waals surface area contributed by atoms with E-state index < -0.39 is 0 Å². The highest BCUT2D eigenvalue weighted by Gasteiger charge is 2.07. The highest BCUT2D eigenvalue weighted by atomic mass is 16.3. The summed E-state index contributed by atoms with van der Waals surface area (Å²) < 4.78 is 6.76. The van der Waals surface area contributed by atoms with Gasteiger partial charge in [-0.15, -0.1) is 0 Å². The van der Waals surface area contributed by atoms with Gasteiger partial charge in [-0.1, -0.05) is 0 Å². The molecule has 0 bridgehead atoms. The van der Waals surface area contributed by atoms with E-state index in [1.807, 2.05) is 19.1 Å². The first-order chi connectivity index (χ1) is 9.08. The molecule has 0 fully saturated rings. The predicted octanol–water partition coefficient (Wildman–Crippen LogP) is 0.789. The molecule has 6 nitrogen and oxygen atoms in total. The number of aromatic amines is 1. The van der Waals surface area contributed by atoms with Crippen molar-refractivity contribution < 1.29 is 4.42 Å². The summed E-state index contributed by atoms with van der Waals surface area (Å²) in [5.41, 5.74) is -0.195. The van der Waals surface area contributed by atoms with Crippen molar-refractivity contribution in [2.45, 2.75) is 26.4 Å². The van der Waals surface area contributed by atoms with Crippen molar-refractivity contribution in [2.24, 2.45) is 0 Å². The maximum absolute atomic E-state index is 11.6. The molecule has 6 heteroatoms. The predicted molar refractivity (Wildman–Crippen MR) is 71.2 cm³/mol. The van der Waals surface area contributed by atoms with Gasteiger partial charge in [-0.2, -0.15) is 0 Å². The minimum absolute atomic E-state index is 0.0783. The van der Waals surface area contributed by atoms with Crippen LogP contribution in [0, 0.1) is 6.92 Å². The fraction of sp³-hybridized carbons (Fsp3) is 0.385. The molecule has 2 rings (SSSR count).